The zero-order valence-electron chi connectivity index (χ0n) is 27.6. The first-order valence-electron chi connectivity index (χ1n) is 16.7. The maximum absolute atomic E-state index is 5.18. The molecule has 0 aliphatic heterocycles. The van der Waals surface area contributed by atoms with Crippen LogP contribution in [0.25, 0.3) is 0 Å². The van der Waals surface area contributed by atoms with E-state index in [4.69, 9.17) is 11.6 Å². The van der Waals surface area contributed by atoms with Crippen molar-refractivity contribution in [3.05, 3.63) is 12.5 Å². The van der Waals surface area contributed by atoms with Crippen LogP contribution in [0.1, 0.15) is 146 Å². The van der Waals surface area contributed by atoms with Crippen LogP contribution >= 0.6 is 0 Å². The van der Waals surface area contributed by atoms with Crippen LogP contribution in [0.15, 0.2) is 12.5 Å². The van der Waals surface area contributed by atoms with Crippen LogP contribution < -0.4 is 16.9 Å². The van der Waals surface area contributed by atoms with E-state index >= 15 is 0 Å². The van der Waals surface area contributed by atoms with Crippen LogP contribution in [0.5, 0.6) is 0 Å². The zero-order chi connectivity index (χ0) is 29.4. The molecule has 4 aliphatic rings. The van der Waals surface area contributed by atoms with Crippen molar-refractivity contribution in [3.8, 4) is 0 Å². The van der Waals surface area contributed by atoms with Crippen molar-refractivity contribution in [1.82, 2.24) is 5.32 Å². The van der Waals surface area contributed by atoms with Crippen LogP contribution in [-0.2, 0) is 4.84 Å². The molecule has 5 N–H and O–H groups in total. The molecule has 38 heavy (non-hydrogen) atoms. The maximum atomic E-state index is 5.18. The van der Waals surface area contributed by atoms with Crippen molar-refractivity contribution in [2.24, 2.45) is 58.0 Å². The van der Waals surface area contributed by atoms with Gasteiger partial charge in [0.1, 0.15) is 0 Å². The Kier molecular flexibility index (Phi) is 19.0. The average molecular weight is 538 g/mol. The van der Waals surface area contributed by atoms with Gasteiger partial charge in [0.25, 0.3) is 0 Å². The minimum atomic E-state index is 0.496. The second kappa shape index (κ2) is 19.4. The number of nitrogens with one attached hydrogen (secondary N) is 1. The molecule has 4 fully saturated rings. The monoisotopic (exact) mass is 538 g/mol. The molecule has 8 atom stereocenters. The highest BCUT2D eigenvalue weighted by atomic mass is 16.6. The molecule has 4 rings (SSSR count). The van der Waals surface area contributed by atoms with E-state index in [2.05, 4.69) is 58.3 Å². The zero-order valence-corrected chi connectivity index (χ0v) is 27.6. The van der Waals surface area contributed by atoms with Crippen molar-refractivity contribution in [2.75, 3.05) is 13.1 Å². The van der Waals surface area contributed by atoms with Crippen LogP contribution in [-0.4, -0.2) is 13.1 Å². The molecule has 4 aliphatic carbocycles. The summed E-state index contributed by atoms with van der Waals surface area (Å²) in [5.41, 5.74) is 6.23. The second-order valence-corrected chi connectivity index (χ2v) is 12.6. The molecule has 0 heterocycles. The lowest BCUT2D eigenvalue weighted by atomic mass is 9.44. The summed E-state index contributed by atoms with van der Waals surface area (Å²) in [5.74, 6) is 11.5. The Morgan fingerprint density at radius 1 is 0.895 bits per heavy atom. The van der Waals surface area contributed by atoms with E-state index in [1.807, 2.05) is 27.7 Å². The molecule has 8 unspecified atom stereocenters. The third-order valence-electron chi connectivity index (χ3n) is 10.4. The van der Waals surface area contributed by atoms with Gasteiger partial charge in [-0.05, 0) is 124 Å². The lowest BCUT2D eigenvalue weighted by Gasteiger charge is -2.61. The molecule has 0 saturated heterocycles. The molecule has 228 valence electrons. The predicted octanol–water partition coefficient (Wildman–Crippen LogP) is 9.45. The third kappa shape index (κ3) is 9.43. The third-order valence-corrected chi connectivity index (χ3v) is 10.4. The first-order valence-corrected chi connectivity index (χ1v) is 16.7. The van der Waals surface area contributed by atoms with Gasteiger partial charge in [-0.15, -0.1) is 0 Å². The van der Waals surface area contributed by atoms with Gasteiger partial charge in [0.2, 0.25) is 5.88 Å². The van der Waals surface area contributed by atoms with E-state index in [-0.39, 0.29) is 0 Å². The van der Waals surface area contributed by atoms with Crippen molar-refractivity contribution < 1.29 is 4.84 Å². The van der Waals surface area contributed by atoms with Crippen LogP contribution in [0.2, 0.25) is 0 Å². The van der Waals surface area contributed by atoms with Gasteiger partial charge in [-0.25, -0.2) is 0 Å². The number of fused-ring (bicyclic) bond motifs is 5. The largest absolute Gasteiger partial charge is 0.394 e. The summed E-state index contributed by atoms with van der Waals surface area (Å²) in [7, 11) is 0. The summed E-state index contributed by atoms with van der Waals surface area (Å²) in [6.07, 6.45) is 16.9. The van der Waals surface area contributed by atoms with Crippen LogP contribution in [0.4, 0.5) is 0 Å². The van der Waals surface area contributed by atoms with E-state index < -0.39 is 0 Å². The van der Waals surface area contributed by atoms with Gasteiger partial charge in [-0.2, -0.15) is 5.90 Å². The van der Waals surface area contributed by atoms with Gasteiger partial charge in [0.15, 0.2) is 0 Å². The Hall–Kier alpha value is -0.740. The lowest BCUT2D eigenvalue weighted by Crippen LogP contribution is -2.53. The SMILES string of the molecule is C=C(NCCC1CCC2C3CCC4CC(C)CCC4(C)C3CCC12C)ON.CC.CC.CCC.CCCN. The van der Waals surface area contributed by atoms with Crippen LogP contribution in [0, 0.1) is 46.3 Å². The molecule has 4 saturated carbocycles. The second-order valence-electron chi connectivity index (χ2n) is 12.6. The molecule has 0 radical (unpaired) electrons. The molecular formula is C34H71N3O. The Morgan fingerprint density at radius 2 is 1.45 bits per heavy atom. The maximum Gasteiger partial charge on any atom is 0.204 e. The lowest BCUT2D eigenvalue weighted by molar-refractivity contribution is -0.117. The molecular weight excluding hydrogens is 466 g/mol. The minimum absolute atomic E-state index is 0.496. The molecule has 0 aromatic rings. The quantitative estimate of drug-likeness (QED) is 0.233. The van der Waals surface area contributed by atoms with Crippen molar-refractivity contribution in [2.45, 2.75) is 146 Å². The van der Waals surface area contributed by atoms with Crippen molar-refractivity contribution >= 4 is 0 Å². The highest BCUT2D eigenvalue weighted by Gasteiger charge is 2.59. The summed E-state index contributed by atoms with van der Waals surface area (Å²) in [6, 6.07) is 0. The number of hydrogen-bond donors (Lipinski definition) is 3. The van der Waals surface area contributed by atoms with E-state index in [0.29, 0.717) is 16.7 Å². The van der Waals surface area contributed by atoms with Gasteiger partial charge in [0.05, 0.1) is 0 Å². The average Bonchev–Trinajstić information content (AvgIpc) is 3.28. The number of rotatable bonds is 6. The van der Waals surface area contributed by atoms with E-state index in [9.17, 15) is 0 Å². The topological polar surface area (TPSA) is 73.3 Å². The van der Waals surface area contributed by atoms with Gasteiger partial charge >= 0.3 is 0 Å². The highest BCUT2D eigenvalue weighted by Crippen LogP contribution is 2.68. The Morgan fingerprint density at radius 3 is 2.00 bits per heavy atom. The highest BCUT2D eigenvalue weighted by molar-refractivity contribution is 5.09. The number of nitrogens with two attached hydrogens (primary N) is 2. The molecule has 0 aromatic carbocycles. The minimum Gasteiger partial charge on any atom is -0.394 e. The Bertz CT molecular complexity index is 609. The first-order chi connectivity index (χ1) is 18.2. The van der Waals surface area contributed by atoms with Gasteiger partial charge in [-0.1, -0.05) is 82.1 Å². The summed E-state index contributed by atoms with van der Waals surface area (Å²) in [5, 5.41) is 3.23. The molecule has 0 spiro atoms. The van der Waals surface area contributed by atoms with Gasteiger partial charge in [-0.3, -0.25) is 0 Å². The van der Waals surface area contributed by atoms with Crippen LogP contribution in [0.3, 0.4) is 0 Å². The van der Waals surface area contributed by atoms with Crippen molar-refractivity contribution in [1.29, 1.82) is 0 Å². The van der Waals surface area contributed by atoms with E-state index in [1.165, 1.54) is 70.6 Å². The molecule has 4 heteroatoms. The van der Waals surface area contributed by atoms with Gasteiger partial charge < -0.3 is 15.9 Å². The van der Waals surface area contributed by atoms with E-state index in [0.717, 1.165) is 55.0 Å². The van der Waals surface area contributed by atoms with Crippen molar-refractivity contribution in [3.63, 3.8) is 0 Å². The van der Waals surface area contributed by atoms with Gasteiger partial charge in [0, 0.05) is 6.54 Å². The summed E-state index contributed by atoms with van der Waals surface area (Å²) < 4.78 is 0. The normalized spacial score (nSPS) is 36.3. The summed E-state index contributed by atoms with van der Waals surface area (Å²) in [4.78, 5) is 4.68. The molecule has 0 bridgehead atoms. The summed E-state index contributed by atoms with van der Waals surface area (Å²) in [6.45, 7) is 27.7. The molecule has 4 nitrogen and oxygen atoms in total. The fourth-order valence-corrected chi connectivity index (χ4v) is 8.48. The van der Waals surface area contributed by atoms with E-state index in [1.54, 1.807) is 0 Å². The molecule has 0 aromatic heterocycles. The smallest absolute Gasteiger partial charge is 0.204 e. The standard InChI is InChI=1S/C24H42N2O.C3H9N.C3H8.2C2H6/c1-16-9-12-24(4)19(15-16)5-7-20-21-8-6-18(11-14-26-17(2)27-25)23(21,3)13-10-22(20)24;1-2-3-4;1-3-2;2*1-2/h16,18-22,26H,2,5-15,25H2,1,3-4H3;2-4H2,1H3;3H2,1-2H3;2*1-2H3. The fourth-order valence-electron chi connectivity index (χ4n) is 8.48. The Labute approximate surface area is 239 Å². The predicted molar refractivity (Wildman–Crippen MR) is 169 cm³/mol. The fraction of sp³-hybridized carbons (Fsp3) is 0.941. The Balaban J connectivity index is 0.00000108. The summed E-state index contributed by atoms with van der Waals surface area (Å²) >= 11 is 0. The first kappa shape index (κ1) is 37.3. The molecule has 0 amide bonds. The number of hydrogen-bond acceptors (Lipinski definition) is 4.